The zero-order valence-corrected chi connectivity index (χ0v) is 12.1. The van der Waals surface area contributed by atoms with Crippen LogP contribution in [-0.2, 0) is 0 Å². The molecule has 1 rings (SSSR count). The Kier molecular flexibility index (Phi) is 5.28. The highest BCUT2D eigenvalue weighted by Crippen LogP contribution is 2.26. The Morgan fingerprint density at radius 2 is 2.31 bits per heavy atom. The van der Waals surface area contributed by atoms with Crippen LogP contribution in [0.25, 0.3) is 0 Å². The van der Waals surface area contributed by atoms with Crippen molar-refractivity contribution >= 4 is 33.2 Å². The van der Waals surface area contributed by atoms with Crippen molar-refractivity contribution in [1.29, 1.82) is 0 Å². The summed E-state index contributed by atoms with van der Waals surface area (Å²) in [5, 5.41) is 2.66. The standard InChI is InChI=1S/C11H16BrNO2S/c1-8(2)13(6-5-12)11(14)10-9(15-3)4-7-16-10/h4,7-8H,5-6H2,1-3H3. The lowest BCUT2D eigenvalue weighted by atomic mass is 10.3. The number of ether oxygens (including phenoxy) is 1. The minimum absolute atomic E-state index is 0.0429. The van der Waals surface area contributed by atoms with Crippen LogP contribution in [0.3, 0.4) is 0 Å². The minimum atomic E-state index is 0.0429. The highest BCUT2D eigenvalue weighted by Gasteiger charge is 2.22. The summed E-state index contributed by atoms with van der Waals surface area (Å²) in [6, 6.07) is 2.02. The van der Waals surface area contributed by atoms with E-state index in [1.165, 1.54) is 11.3 Å². The Labute approximate surface area is 109 Å². The van der Waals surface area contributed by atoms with Gasteiger partial charge in [0.2, 0.25) is 0 Å². The minimum Gasteiger partial charge on any atom is -0.495 e. The van der Waals surface area contributed by atoms with Gasteiger partial charge in [-0.05, 0) is 25.3 Å². The number of thiophene rings is 1. The van der Waals surface area contributed by atoms with Crippen molar-refractivity contribution in [2.45, 2.75) is 19.9 Å². The third-order valence-corrected chi connectivity index (χ3v) is 3.49. The molecule has 0 saturated heterocycles. The fourth-order valence-corrected chi connectivity index (χ4v) is 2.63. The van der Waals surface area contributed by atoms with Crippen molar-refractivity contribution < 1.29 is 9.53 Å². The summed E-state index contributed by atoms with van der Waals surface area (Å²) in [7, 11) is 1.59. The molecule has 0 aliphatic heterocycles. The van der Waals surface area contributed by atoms with Gasteiger partial charge in [0.1, 0.15) is 10.6 Å². The van der Waals surface area contributed by atoms with Crippen LogP contribution in [0.2, 0.25) is 0 Å². The Morgan fingerprint density at radius 1 is 1.62 bits per heavy atom. The van der Waals surface area contributed by atoms with Crippen LogP contribution in [0.5, 0.6) is 5.75 Å². The van der Waals surface area contributed by atoms with E-state index in [4.69, 9.17) is 4.74 Å². The summed E-state index contributed by atoms with van der Waals surface area (Å²) in [6.45, 7) is 4.73. The van der Waals surface area contributed by atoms with Crippen molar-refractivity contribution in [3.63, 3.8) is 0 Å². The molecule has 1 amide bonds. The van der Waals surface area contributed by atoms with Gasteiger partial charge in [-0.25, -0.2) is 0 Å². The van der Waals surface area contributed by atoms with E-state index < -0.39 is 0 Å². The average Bonchev–Trinajstić information content (AvgIpc) is 2.72. The molecule has 0 radical (unpaired) electrons. The van der Waals surface area contributed by atoms with E-state index >= 15 is 0 Å². The molecule has 1 aromatic heterocycles. The summed E-state index contributed by atoms with van der Waals surface area (Å²) in [5.74, 6) is 0.705. The summed E-state index contributed by atoms with van der Waals surface area (Å²) >= 11 is 4.79. The first kappa shape index (κ1) is 13.5. The van der Waals surface area contributed by atoms with Gasteiger partial charge in [-0.2, -0.15) is 0 Å². The zero-order valence-electron chi connectivity index (χ0n) is 9.70. The number of carbonyl (C=O) groups is 1. The molecule has 0 unspecified atom stereocenters. The average molecular weight is 306 g/mol. The molecule has 5 heteroatoms. The molecule has 0 aliphatic carbocycles. The molecular weight excluding hydrogens is 290 g/mol. The number of hydrogen-bond acceptors (Lipinski definition) is 3. The van der Waals surface area contributed by atoms with Crippen LogP contribution in [0.4, 0.5) is 0 Å². The first-order chi connectivity index (χ1) is 7.61. The summed E-state index contributed by atoms with van der Waals surface area (Å²) in [4.78, 5) is 14.8. The first-order valence-corrected chi connectivity index (χ1v) is 7.10. The van der Waals surface area contributed by atoms with Crippen molar-refractivity contribution in [3.8, 4) is 5.75 Å². The molecule has 0 aromatic carbocycles. The van der Waals surface area contributed by atoms with Gasteiger partial charge in [0.05, 0.1) is 7.11 Å². The Bertz CT molecular complexity index is 352. The Hall–Kier alpha value is -0.550. The molecular formula is C11H16BrNO2S. The molecule has 0 fully saturated rings. The number of alkyl halides is 1. The molecule has 0 aliphatic rings. The van der Waals surface area contributed by atoms with Gasteiger partial charge in [-0.1, -0.05) is 15.9 Å². The summed E-state index contributed by atoms with van der Waals surface area (Å²) < 4.78 is 5.17. The predicted octanol–water partition coefficient (Wildman–Crippen LogP) is 3.00. The molecule has 1 heterocycles. The second kappa shape index (κ2) is 6.25. The molecule has 0 atom stereocenters. The van der Waals surface area contributed by atoms with E-state index in [0.29, 0.717) is 17.2 Å². The number of hydrogen-bond donors (Lipinski definition) is 0. The van der Waals surface area contributed by atoms with Crippen LogP contribution < -0.4 is 4.74 Å². The number of rotatable bonds is 5. The van der Waals surface area contributed by atoms with E-state index in [-0.39, 0.29) is 11.9 Å². The fourth-order valence-electron chi connectivity index (χ4n) is 1.43. The van der Waals surface area contributed by atoms with E-state index in [9.17, 15) is 4.79 Å². The van der Waals surface area contributed by atoms with Gasteiger partial charge in [0, 0.05) is 17.9 Å². The van der Waals surface area contributed by atoms with Crippen LogP contribution in [0.15, 0.2) is 11.4 Å². The van der Waals surface area contributed by atoms with Crippen LogP contribution in [-0.4, -0.2) is 35.8 Å². The third-order valence-electron chi connectivity index (χ3n) is 2.25. The fraction of sp³-hybridized carbons (Fsp3) is 0.545. The smallest absolute Gasteiger partial charge is 0.268 e. The highest BCUT2D eigenvalue weighted by atomic mass is 79.9. The molecule has 0 spiro atoms. The number of nitrogens with zero attached hydrogens (tertiary/aromatic N) is 1. The second-order valence-electron chi connectivity index (χ2n) is 3.60. The van der Waals surface area contributed by atoms with Gasteiger partial charge in [0.25, 0.3) is 5.91 Å². The van der Waals surface area contributed by atoms with Crippen LogP contribution in [0.1, 0.15) is 23.5 Å². The van der Waals surface area contributed by atoms with Crippen molar-refractivity contribution in [2.24, 2.45) is 0 Å². The van der Waals surface area contributed by atoms with Gasteiger partial charge >= 0.3 is 0 Å². The van der Waals surface area contributed by atoms with Crippen LogP contribution in [0, 0.1) is 0 Å². The molecule has 3 nitrogen and oxygen atoms in total. The van der Waals surface area contributed by atoms with E-state index in [0.717, 1.165) is 5.33 Å². The van der Waals surface area contributed by atoms with E-state index in [1.54, 1.807) is 7.11 Å². The number of halogens is 1. The first-order valence-electron chi connectivity index (χ1n) is 5.10. The lowest BCUT2D eigenvalue weighted by Gasteiger charge is -2.25. The maximum absolute atomic E-state index is 12.3. The molecule has 0 saturated carbocycles. The highest BCUT2D eigenvalue weighted by molar-refractivity contribution is 9.09. The monoisotopic (exact) mass is 305 g/mol. The third kappa shape index (κ3) is 2.98. The van der Waals surface area contributed by atoms with E-state index in [1.807, 2.05) is 30.2 Å². The Balaban J connectivity index is 2.90. The maximum Gasteiger partial charge on any atom is 0.268 e. The number of carbonyl (C=O) groups excluding carboxylic acids is 1. The van der Waals surface area contributed by atoms with Crippen molar-refractivity contribution in [1.82, 2.24) is 4.90 Å². The number of amides is 1. The van der Waals surface area contributed by atoms with Crippen LogP contribution >= 0.6 is 27.3 Å². The summed E-state index contributed by atoms with van der Waals surface area (Å²) in [6.07, 6.45) is 0. The van der Waals surface area contributed by atoms with Gasteiger partial charge in [0.15, 0.2) is 0 Å². The normalized spacial score (nSPS) is 10.6. The zero-order chi connectivity index (χ0) is 12.1. The quantitative estimate of drug-likeness (QED) is 0.783. The number of methoxy groups -OCH3 is 1. The lowest BCUT2D eigenvalue weighted by molar-refractivity contribution is 0.0721. The molecule has 16 heavy (non-hydrogen) atoms. The molecule has 0 bridgehead atoms. The molecule has 90 valence electrons. The molecule has 1 aromatic rings. The van der Waals surface area contributed by atoms with Gasteiger partial charge in [-0.15, -0.1) is 11.3 Å². The second-order valence-corrected chi connectivity index (χ2v) is 5.31. The van der Waals surface area contributed by atoms with E-state index in [2.05, 4.69) is 15.9 Å². The van der Waals surface area contributed by atoms with Gasteiger partial charge < -0.3 is 9.64 Å². The van der Waals surface area contributed by atoms with Gasteiger partial charge in [-0.3, -0.25) is 4.79 Å². The summed E-state index contributed by atoms with van der Waals surface area (Å²) in [5.41, 5.74) is 0. The predicted molar refractivity (Wildman–Crippen MR) is 70.8 cm³/mol. The SMILES string of the molecule is COc1ccsc1C(=O)N(CCBr)C(C)C. The topological polar surface area (TPSA) is 29.5 Å². The Morgan fingerprint density at radius 3 is 2.81 bits per heavy atom. The van der Waals surface area contributed by atoms with Crippen molar-refractivity contribution in [2.75, 3.05) is 19.0 Å². The largest absolute Gasteiger partial charge is 0.495 e. The maximum atomic E-state index is 12.3. The van der Waals surface area contributed by atoms with Crippen molar-refractivity contribution in [3.05, 3.63) is 16.3 Å². The lowest BCUT2D eigenvalue weighted by Crippen LogP contribution is -2.38. The molecule has 0 N–H and O–H groups in total.